The number of nitro benzene ring substituents is 1. The standard InChI is InChI=1S/C12H8BrClN2O2S/c13-9-2-1-5-15-12(9)19-7-8-3-4-10(14)11(6-8)16(17)18/h1-6H,7H2. The molecule has 0 radical (unpaired) electrons. The third-order valence-corrected chi connectivity index (χ3v) is 4.61. The van der Waals surface area contributed by atoms with Crippen LogP contribution in [0.25, 0.3) is 0 Å². The van der Waals surface area contributed by atoms with Crippen molar-refractivity contribution in [3.05, 3.63) is 61.7 Å². The first-order valence-corrected chi connectivity index (χ1v) is 7.39. The van der Waals surface area contributed by atoms with Gasteiger partial charge in [-0.3, -0.25) is 10.1 Å². The molecule has 0 fully saturated rings. The minimum Gasteiger partial charge on any atom is -0.258 e. The van der Waals surface area contributed by atoms with Crippen molar-refractivity contribution in [2.24, 2.45) is 0 Å². The predicted molar refractivity (Wildman–Crippen MR) is 79.6 cm³/mol. The molecule has 0 saturated heterocycles. The van der Waals surface area contributed by atoms with Crippen LogP contribution in [0, 0.1) is 10.1 Å². The number of rotatable bonds is 4. The molecule has 0 saturated carbocycles. The molecule has 2 rings (SSSR count). The third-order valence-electron chi connectivity index (χ3n) is 2.31. The van der Waals surface area contributed by atoms with Crippen LogP contribution in [0.15, 0.2) is 46.0 Å². The van der Waals surface area contributed by atoms with E-state index in [0.717, 1.165) is 15.1 Å². The van der Waals surface area contributed by atoms with Crippen LogP contribution in [0.5, 0.6) is 0 Å². The number of nitrogens with zero attached hydrogens (tertiary/aromatic N) is 2. The van der Waals surface area contributed by atoms with Gasteiger partial charge in [-0.05, 0) is 39.7 Å². The summed E-state index contributed by atoms with van der Waals surface area (Å²) in [6.07, 6.45) is 1.71. The van der Waals surface area contributed by atoms with E-state index in [4.69, 9.17) is 11.6 Å². The van der Waals surface area contributed by atoms with E-state index in [-0.39, 0.29) is 10.7 Å². The van der Waals surface area contributed by atoms with Crippen LogP contribution in [0.3, 0.4) is 0 Å². The summed E-state index contributed by atoms with van der Waals surface area (Å²) in [7, 11) is 0. The highest BCUT2D eigenvalue weighted by molar-refractivity contribution is 9.10. The molecule has 1 aromatic carbocycles. The SMILES string of the molecule is O=[N+]([O-])c1cc(CSc2ncccc2Br)ccc1Cl. The Morgan fingerprint density at radius 3 is 2.89 bits per heavy atom. The summed E-state index contributed by atoms with van der Waals surface area (Å²) in [6.45, 7) is 0. The molecule has 1 heterocycles. The molecule has 0 aliphatic carbocycles. The third kappa shape index (κ3) is 3.68. The van der Waals surface area contributed by atoms with E-state index in [0.29, 0.717) is 5.75 Å². The van der Waals surface area contributed by atoms with E-state index in [9.17, 15) is 10.1 Å². The fraction of sp³-hybridized carbons (Fsp3) is 0.0833. The van der Waals surface area contributed by atoms with Crippen molar-refractivity contribution in [3.8, 4) is 0 Å². The molecule has 19 heavy (non-hydrogen) atoms. The highest BCUT2D eigenvalue weighted by Gasteiger charge is 2.13. The average Bonchev–Trinajstić information content (AvgIpc) is 2.39. The lowest BCUT2D eigenvalue weighted by molar-refractivity contribution is -0.384. The molecule has 98 valence electrons. The van der Waals surface area contributed by atoms with Gasteiger partial charge in [0.05, 0.1) is 4.92 Å². The second-order valence-electron chi connectivity index (χ2n) is 3.62. The van der Waals surface area contributed by atoms with Crippen molar-refractivity contribution in [1.29, 1.82) is 0 Å². The fourth-order valence-electron chi connectivity index (χ4n) is 1.42. The zero-order valence-electron chi connectivity index (χ0n) is 9.55. The van der Waals surface area contributed by atoms with Crippen LogP contribution >= 0.6 is 39.3 Å². The highest BCUT2D eigenvalue weighted by atomic mass is 79.9. The maximum atomic E-state index is 10.8. The van der Waals surface area contributed by atoms with Crippen molar-refractivity contribution in [1.82, 2.24) is 4.98 Å². The lowest BCUT2D eigenvalue weighted by Gasteiger charge is -2.04. The Morgan fingerprint density at radius 1 is 1.42 bits per heavy atom. The van der Waals surface area contributed by atoms with E-state index in [1.165, 1.54) is 17.8 Å². The van der Waals surface area contributed by atoms with Crippen LogP contribution in [0.1, 0.15) is 5.56 Å². The number of hydrogen-bond donors (Lipinski definition) is 0. The van der Waals surface area contributed by atoms with Crippen LogP contribution in [0.2, 0.25) is 5.02 Å². The summed E-state index contributed by atoms with van der Waals surface area (Å²) in [6, 6.07) is 8.55. The lowest BCUT2D eigenvalue weighted by atomic mass is 10.2. The lowest BCUT2D eigenvalue weighted by Crippen LogP contribution is -1.91. The molecule has 2 aromatic rings. The van der Waals surface area contributed by atoms with Crippen LogP contribution in [-0.4, -0.2) is 9.91 Å². The number of thioether (sulfide) groups is 1. The fourth-order valence-corrected chi connectivity index (χ4v) is 3.03. The van der Waals surface area contributed by atoms with E-state index in [1.54, 1.807) is 18.3 Å². The van der Waals surface area contributed by atoms with Gasteiger partial charge in [0.15, 0.2) is 0 Å². The first kappa shape index (κ1) is 14.3. The van der Waals surface area contributed by atoms with Gasteiger partial charge in [-0.25, -0.2) is 4.98 Å². The second kappa shape index (κ2) is 6.36. The normalized spacial score (nSPS) is 10.4. The summed E-state index contributed by atoms with van der Waals surface area (Å²) in [5.41, 5.74) is 0.763. The van der Waals surface area contributed by atoms with Gasteiger partial charge in [0, 0.05) is 22.5 Å². The molecule has 0 amide bonds. The van der Waals surface area contributed by atoms with Crippen molar-refractivity contribution in [2.45, 2.75) is 10.8 Å². The summed E-state index contributed by atoms with van der Waals surface area (Å²) in [5, 5.41) is 11.8. The van der Waals surface area contributed by atoms with E-state index < -0.39 is 4.92 Å². The minimum absolute atomic E-state index is 0.0696. The molecule has 0 bridgehead atoms. The smallest absolute Gasteiger partial charge is 0.258 e. The van der Waals surface area contributed by atoms with Gasteiger partial charge in [-0.1, -0.05) is 17.7 Å². The molecule has 4 nitrogen and oxygen atoms in total. The Morgan fingerprint density at radius 2 is 2.21 bits per heavy atom. The summed E-state index contributed by atoms with van der Waals surface area (Å²) >= 11 is 10.7. The molecule has 0 atom stereocenters. The van der Waals surface area contributed by atoms with E-state index >= 15 is 0 Å². The van der Waals surface area contributed by atoms with Crippen molar-refractivity contribution in [2.75, 3.05) is 0 Å². The van der Waals surface area contributed by atoms with Gasteiger partial charge < -0.3 is 0 Å². The molecule has 7 heteroatoms. The first-order valence-electron chi connectivity index (χ1n) is 5.24. The monoisotopic (exact) mass is 358 g/mol. The Balaban J connectivity index is 2.14. The Kier molecular flexibility index (Phi) is 4.79. The zero-order valence-corrected chi connectivity index (χ0v) is 12.7. The average molecular weight is 360 g/mol. The zero-order chi connectivity index (χ0) is 13.8. The summed E-state index contributed by atoms with van der Waals surface area (Å²) < 4.78 is 0.906. The van der Waals surface area contributed by atoms with Crippen LogP contribution in [0.4, 0.5) is 5.69 Å². The number of hydrogen-bond acceptors (Lipinski definition) is 4. The number of pyridine rings is 1. The van der Waals surface area contributed by atoms with Gasteiger partial charge in [-0.2, -0.15) is 0 Å². The molecule has 0 aliphatic heterocycles. The molecule has 0 unspecified atom stereocenters. The van der Waals surface area contributed by atoms with Crippen LogP contribution < -0.4 is 0 Å². The maximum Gasteiger partial charge on any atom is 0.288 e. The maximum absolute atomic E-state index is 10.8. The molecule has 0 spiro atoms. The van der Waals surface area contributed by atoms with Gasteiger partial charge in [0.1, 0.15) is 10.0 Å². The molecule has 0 aliphatic rings. The Labute approximate surface area is 127 Å². The van der Waals surface area contributed by atoms with Gasteiger partial charge in [0.2, 0.25) is 0 Å². The Hall–Kier alpha value is -1.11. The molecular formula is C12H8BrClN2O2S. The molecule has 1 aromatic heterocycles. The minimum atomic E-state index is -0.479. The van der Waals surface area contributed by atoms with Gasteiger partial charge in [0.25, 0.3) is 5.69 Å². The topological polar surface area (TPSA) is 56.0 Å². The first-order chi connectivity index (χ1) is 9.08. The van der Waals surface area contributed by atoms with Crippen LogP contribution in [-0.2, 0) is 5.75 Å². The number of halogens is 2. The van der Waals surface area contributed by atoms with Gasteiger partial charge >= 0.3 is 0 Å². The van der Waals surface area contributed by atoms with Crippen molar-refractivity contribution in [3.63, 3.8) is 0 Å². The second-order valence-corrected chi connectivity index (χ2v) is 5.85. The largest absolute Gasteiger partial charge is 0.288 e. The summed E-state index contributed by atoms with van der Waals surface area (Å²) in [4.78, 5) is 14.5. The quantitative estimate of drug-likeness (QED) is 0.451. The Bertz CT molecular complexity index is 624. The molecule has 0 N–H and O–H groups in total. The predicted octanol–water partition coefficient (Wildman–Crippen LogP) is 4.70. The highest BCUT2D eigenvalue weighted by Crippen LogP contribution is 2.30. The van der Waals surface area contributed by atoms with E-state index in [1.807, 2.05) is 12.1 Å². The molecular weight excluding hydrogens is 352 g/mol. The van der Waals surface area contributed by atoms with Crippen molar-refractivity contribution < 1.29 is 4.92 Å². The van der Waals surface area contributed by atoms with Crippen molar-refractivity contribution >= 4 is 45.0 Å². The number of benzene rings is 1. The van der Waals surface area contributed by atoms with Gasteiger partial charge in [-0.15, -0.1) is 11.8 Å². The summed E-state index contributed by atoms with van der Waals surface area (Å²) in [5.74, 6) is 0.591. The number of aromatic nitrogens is 1. The van der Waals surface area contributed by atoms with E-state index in [2.05, 4.69) is 20.9 Å². The number of nitro groups is 1.